The van der Waals surface area contributed by atoms with E-state index in [4.69, 9.17) is 5.73 Å². The molecule has 0 spiro atoms. The van der Waals surface area contributed by atoms with Crippen molar-refractivity contribution in [1.29, 1.82) is 0 Å². The van der Waals surface area contributed by atoms with Crippen LogP contribution in [-0.4, -0.2) is 16.7 Å². The van der Waals surface area contributed by atoms with Crippen LogP contribution in [0.4, 0.5) is 0 Å². The molecule has 0 saturated carbocycles. The van der Waals surface area contributed by atoms with Gasteiger partial charge in [-0.2, -0.15) is 0 Å². The molecule has 0 aliphatic heterocycles. The molecule has 0 fully saturated rings. The maximum atomic E-state index is 5.85. The second-order valence-corrected chi connectivity index (χ2v) is 3.66. The monoisotopic (exact) mass is 267 g/mol. The first kappa shape index (κ1) is 8.75. The van der Waals surface area contributed by atoms with Gasteiger partial charge in [0.2, 0.25) is 0 Å². The van der Waals surface area contributed by atoms with Crippen molar-refractivity contribution in [2.24, 2.45) is 5.73 Å². The lowest BCUT2D eigenvalue weighted by molar-refractivity contribution is 0.752. The Morgan fingerprint density at radius 2 is 2.10 bits per heavy atom. The molecule has 1 aliphatic carbocycles. The van der Waals surface area contributed by atoms with E-state index >= 15 is 0 Å². The van der Waals surface area contributed by atoms with Crippen molar-refractivity contribution in [3.63, 3.8) is 0 Å². The maximum Gasteiger partial charge on any atom is 0.0268 e. The van der Waals surface area contributed by atoms with Crippen LogP contribution in [-0.2, 0) is 0 Å². The van der Waals surface area contributed by atoms with Crippen molar-refractivity contribution in [1.82, 2.24) is 0 Å². The summed E-state index contributed by atoms with van der Waals surface area (Å²) >= 11 is 6.89. The maximum absolute atomic E-state index is 5.85. The van der Waals surface area contributed by atoms with E-state index in [1.807, 2.05) is 0 Å². The smallest absolute Gasteiger partial charge is 0.0268 e. The Hall–Kier alpha value is 0.660. The molecule has 0 bridgehead atoms. The number of hydrogen-bond acceptors (Lipinski definition) is 1. The highest BCUT2D eigenvalue weighted by Gasteiger charge is 2.19. The predicted molar refractivity (Wildman–Crippen MR) is 51.8 cm³/mol. The molecule has 1 atom stereocenters. The molecule has 0 radical (unpaired) electrons. The van der Waals surface area contributed by atoms with Gasteiger partial charge >= 0.3 is 0 Å². The topological polar surface area (TPSA) is 26.0 Å². The zero-order valence-electron chi connectivity index (χ0n) is 5.74. The number of rotatable bonds is 2. The number of nitrogens with two attached hydrogens (primary N) is 1. The number of hydrogen-bond donors (Lipinski definition) is 1. The molecule has 0 heterocycles. The van der Waals surface area contributed by atoms with Crippen molar-refractivity contribution < 1.29 is 0 Å². The minimum Gasteiger partial charge on any atom is -0.324 e. The van der Waals surface area contributed by atoms with Gasteiger partial charge in [-0.05, 0) is 18.4 Å². The van der Waals surface area contributed by atoms with Gasteiger partial charge in [-0.3, -0.25) is 0 Å². The molecule has 3 heteroatoms. The Kier molecular flexibility index (Phi) is 3.40. The quantitative estimate of drug-likeness (QED) is 0.603. The van der Waals surface area contributed by atoms with Gasteiger partial charge in [-0.1, -0.05) is 37.4 Å². The molecule has 0 amide bonds. The van der Waals surface area contributed by atoms with Crippen LogP contribution in [0.2, 0.25) is 0 Å². The van der Waals surface area contributed by atoms with Gasteiger partial charge in [0.05, 0.1) is 0 Å². The summed E-state index contributed by atoms with van der Waals surface area (Å²) in [6.45, 7) is 0. The van der Waals surface area contributed by atoms with E-state index in [2.05, 4.69) is 31.9 Å². The fourth-order valence-electron chi connectivity index (χ4n) is 1.27. The average molecular weight is 269 g/mol. The third-order valence-corrected chi connectivity index (χ3v) is 3.25. The van der Waals surface area contributed by atoms with Crippen molar-refractivity contribution >= 4 is 31.9 Å². The van der Waals surface area contributed by atoms with Gasteiger partial charge in [0.1, 0.15) is 0 Å². The van der Waals surface area contributed by atoms with Gasteiger partial charge in [0.25, 0.3) is 0 Å². The summed E-state index contributed by atoms with van der Waals surface area (Å²) in [5, 5.41) is 1.93. The molecule has 58 valence electrons. The molecule has 1 rings (SSSR count). The van der Waals surface area contributed by atoms with E-state index in [9.17, 15) is 0 Å². The van der Waals surface area contributed by atoms with E-state index in [-0.39, 0.29) is 0 Å². The summed E-state index contributed by atoms with van der Waals surface area (Å²) in [4.78, 5) is 0. The molecular weight excluding hydrogens is 258 g/mol. The molecular formula is C7H11Br2N. The highest BCUT2D eigenvalue weighted by Crippen LogP contribution is 2.27. The Labute approximate surface area is 78.3 Å². The van der Waals surface area contributed by atoms with Crippen molar-refractivity contribution in [2.45, 2.75) is 18.9 Å². The molecule has 0 aromatic carbocycles. The van der Waals surface area contributed by atoms with Gasteiger partial charge in [-0.15, -0.1) is 0 Å². The van der Waals surface area contributed by atoms with Gasteiger partial charge in [0.15, 0.2) is 0 Å². The molecule has 0 saturated heterocycles. The van der Waals surface area contributed by atoms with E-state index in [0.29, 0.717) is 6.04 Å². The molecule has 2 N–H and O–H groups in total. The Bertz CT molecular complexity index is 154. The molecule has 1 unspecified atom stereocenters. The lowest BCUT2D eigenvalue weighted by Gasteiger charge is -2.05. The predicted octanol–water partition coefficient (Wildman–Crippen LogP) is 2.19. The first-order chi connectivity index (χ1) is 4.79. The minimum absolute atomic E-state index is 0.312. The lowest BCUT2D eigenvalue weighted by Crippen LogP contribution is -2.19. The zero-order valence-corrected chi connectivity index (χ0v) is 8.91. The average Bonchev–Trinajstić information content (AvgIpc) is 2.30. The van der Waals surface area contributed by atoms with Crippen LogP contribution in [0.1, 0.15) is 12.8 Å². The SMILES string of the molecule is NC1CCC(CBr)=C1CBr. The van der Waals surface area contributed by atoms with Crippen LogP contribution in [0.25, 0.3) is 0 Å². The Balaban J connectivity index is 2.71. The van der Waals surface area contributed by atoms with Crippen molar-refractivity contribution in [3.05, 3.63) is 11.1 Å². The Morgan fingerprint density at radius 3 is 2.50 bits per heavy atom. The normalized spacial score (nSPS) is 26.1. The van der Waals surface area contributed by atoms with Gasteiger partial charge in [-0.25, -0.2) is 0 Å². The van der Waals surface area contributed by atoms with Crippen LogP contribution in [0.3, 0.4) is 0 Å². The fraction of sp³-hybridized carbons (Fsp3) is 0.714. The van der Waals surface area contributed by atoms with E-state index in [1.54, 1.807) is 0 Å². The van der Waals surface area contributed by atoms with E-state index in [0.717, 1.165) is 17.1 Å². The van der Waals surface area contributed by atoms with Gasteiger partial charge < -0.3 is 5.73 Å². The highest BCUT2D eigenvalue weighted by atomic mass is 79.9. The summed E-state index contributed by atoms with van der Waals surface area (Å²) in [7, 11) is 0. The summed E-state index contributed by atoms with van der Waals surface area (Å²) in [5.74, 6) is 0. The van der Waals surface area contributed by atoms with Crippen LogP contribution in [0.15, 0.2) is 11.1 Å². The first-order valence-electron chi connectivity index (χ1n) is 3.38. The van der Waals surface area contributed by atoms with Crippen LogP contribution >= 0.6 is 31.9 Å². The third-order valence-electron chi connectivity index (χ3n) is 1.96. The van der Waals surface area contributed by atoms with Crippen molar-refractivity contribution in [3.8, 4) is 0 Å². The standard InChI is InChI=1S/C7H11Br2N/c8-3-5-1-2-7(10)6(5)4-9/h7H,1-4,10H2. The number of halogens is 2. The van der Waals surface area contributed by atoms with Crippen molar-refractivity contribution in [2.75, 3.05) is 10.7 Å². The third kappa shape index (κ3) is 1.63. The Morgan fingerprint density at radius 1 is 1.40 bits per heavy atom. The lowest BCUT2D eigenvalue weighted by atomic mass is 10.2. The highest BCUT2D eigenvalue weighted by molar-refractivity contribution is 9.09. The van der Waals surface area contributed by atoms with E-state index in [1.165, 1.54) is 17.6 Å². The fourth-order valence-corrected chi connectivity index (χ4v) is 2.73. The zero-order chi connectivity index (χ0) is 7.56. The second kappa shape index (κ2) is 3.88. The number of allylic oxidation sites excluding steroid dienone is 1. The largest absolute Gasteiger partial charge is 0.324 e. The molecule has 0 aromatic heterocycles. The summed E-state index contributed by atoms with van der Waals surface area (Å²) < 4.78 is 0. The van der Waals surface area contributed by atoms with Crippen LogP contribution < -0.4 is 5.73 Å². The van der Waals surface area contributed by atoms with Crippen LogP contribution in [0.5, 0.6) is 0 Å². The minimum atomic E-state index is 0.312. The van der Waals surface area contributed by atoms with E-state index < -0.39 is 0 Å². The molecule has 0 aromatic rings. The summed E-state index contributed by atoms with van der Waals surface area (Å²) in [5.41, 5.74) is 8.74. The van der Waals surface area contributed by atoms with Crippen LogP contribution in [0, 0.1) is 0 Å². The molecule has 10 heavy (non-hydrogen) atoms. The summed E-state index contributed by atoms with van der Waals surface area (Å²) in [6, 6.07) is 0.312. The first-order valence-corrected chi connectivity index (χ1v) is 5.62. The second-order valence-electron chi connectivity index (χ2n) is 2.54. The van der Waals surface area contributed by atoms with Gasteiger partial charge in [0, 0.05) is 16.7 Å². The molecule has 1 nitrogen and oxygen atoms in total. The molecule has 1 aliphatic rings. The summed E-state index contributed by atoms with van der Waals surface area (Å²) in [6.07, 6.45) is 2.30. The number of alkyl halides is 2.